The molecule has 2 saturated heterocycles. The van der Waals surface area contributed by atoms with Crippen molar-refractivity contribution in [1.82, 2.24) is 0 Å². The minimum Gasteiger partial charge on any atom is -0.375 e. The van der Waals surface area contributed by atoms with Gasteiger partial charge in [-0.05, 0) is 183 Å². The van der Waals surface area contributed by atoms with Crippen LogP contribution in [0.1, 0.15) is 170 Å². The molecule has 5 saturated carbocycles. The highest BCUT2D eigenvalue weighted by molar-refractivity contribution is 4.93. The molecule has 0 N–H and O–H groups in total. The minimum atomic E-state index is -0.129. The highest BCUT2D eigenvalue weighted by Crippen LogP contribution is 2.50. The summed E-state index contributed by atoms with van der Waals surface area (Å²) in [6.07, 6.45) is 26.8. The third-order valence-electron chi connectivity index (χ3n) is 16.3. The Morgan fingerprint density at radius 1 is 0.418 bits per heavy atom. The van der Waals surface area contributed by atoms with Crippen LogP contribution in [0.25, 0.3) is 0 Å². The van der Waals surface area contributed by atoms with Gasteiger partial charge in [0.05, 0.1) is 63.6 Å². The summed E-state index contributed by atoms with van der Waals surface area (Å²) in [5.41, 5.74) is 0.782. The van der Waals surface area contributed by atoms with E-state index in [1.165, 1.54) is 89.9 Å². The highest BCUT2D eigenvalue weighted by atomic mass is 16.7. The van der Waals surface area contributed by atoms with Gasteiger partial charge in [0.25, 0.3) is 0 Å². The first-order valence-electron chi connectivity index (χ1n) is 23.6. The summed E-state index contributed by atoms with van der Waals surface area (Å²) >= 11 is 0. The zero-order valence-corrected chi connectivity index (χ0v) is 36.0. The van der Waals surface area contributed by atoms with Crippen molar-refractivity contribution in [2.24, 2.45) is 40.4 Å². The van der Waals surface area contributed by atoms with Crippen LogP contribution in [-0.4, -0.2) is 88.3 Å². The Morgan fingerprint density at radius 2 is 0.727 bits per heavy atom. The summed E-state index contributed by atoms with van der Waals surface area (Å²) < 4.78 is 48.7. The Bertz CT molecular complexity index is 1100. The van der Waals surface area contributed by atoms with Crippen LogP contribution in [0.5, 0.6) is 0 Å². The molecule has 318 valence electrons. The third-order valence-corrected chi connectivity index (χ3v) is 16.3. The highest BCUT2D eigenvalue weighted by Gasteiger charge is 2.43. The Hall–Kier alpha value is -0.320. The van der Waals surface area contributed by atoms with E-state index in [4.69, 9.17) is 37.9 Å². The molecule has 0 amide bonds. The third kappa shape index (κ3) is 12.6. The van der Waals surface area contributed by atoms with Crippen LogP contribution in [0.4, 0.5) is 0 Å². The number of hydrogen-bond acceptors (Lipinski definition) is 8. The quantitative estimate of drug-likeness (QED) is 0.0948. The predicted molar refractivity (Wildman–Crippen MR) is 216 cm³/mol. The van der Waals surface area contributed by atoms with Crippen LogP contribution >= 0.6 is 0 Å². The second-order valence-corrected chi connectivity index (χ2v) is 20.6. The Kier molecular flexibility index (Phi) is 15.4. The summed E-state index contributed by atoms with van der Waals surface area (Å²) in [6.45, 7) is 18.6. The molecule has 7 fully saturated rings. The van der Waals surface area contributed by atoms with Gasteiger partial charge in [0.15, 0.2) is 12.6 Å². The van der Waals surface area contributed by atoms with Crippen LogP contribution < -0.4 is 0 Å². The molecule has 7 aliphatic rings. The summed E-state index contributed by atoms with van der Waals surface area (Å²) in [5, 5.41) is 0. The van der Waals surface area contributed by atoms with Gasteiger partial charge < -0.3 is 37.9 Å². The maximum absolute atomic E-state index is 6.52. The van der Waals surface area contributed by atoms with E-state index in [1.54, 1.807) is 0 Å². The van der Waals surface area contributed by atoms with Gasteiger partial charge in [0.2, 0.25) is 0 Å². The average molecular weight is 775 g/mol. The first kappa shape index (κ1) is 42.8. The van der Waals surface area contributed by atoms with E-state index in [9.17, 15) is 0 Å². The van der Waals surface area contributed by atoms with E-state index in [0.717, 1.165) is 95.2 Å². The predicted octanol–water partition coefficient (Wildman–Crippen LogP) is 10.4. The standard InChI is InChI=1S/C47H82O8/c1-32(53-42-23-13-37(14-24-42)46(3,4)35-9-19-39(20-10-35)49-28-44-30-51-44)48-27-34-7-17-41(18-8-34)54-33(2)55-43-25-15-38(16-26-43)47(5,6)36-11-21-40(22-12-36)50-29-45-31-52-45/h32-45H,7-31H2,1-6H3. The molecule has 0 aromatic heterocycles. The number of epoxide rings is 2. The summed E-state index contributed by atoms with van der Waals surface area (Å²) in [6, 6.07) is 0. The van der Waals surface area contributed by atoms with Crippen molar-refractivity contribution in [2.45, 2.75) is 225 Å². The summed E-state index contributed by atoms with van der Waals surface area (Å²) in [7, 11) is 0. The maximum atomic E-state index is 6.52. The van der Waals surface area contributed by atoms with E-state index in [2.05, 4.69) is 41.5 Å². The van der Waals surface area contributed by atoms with Crippen molar-refractivity contribution < 1.29 is 37.9 Å². The molecule has 8 heteroatoms. The number of ether oxygens (including phenoxy) is 8. The second kappa shape index (κ2) is 19.8. The van der Waals surface area contributed by atoms with Gasteiger partial charge in [0, 0.05) is 0 Å². The van der Waals surface area contributed by atoms with E-state index >= 15 is 0 Å². The minimum absolute atomic E-state index is 0.125. The summed E-state index contributed by atoms with van der Waals surface area (Å²) in [4.78, 5) is 0. The van der Waals surface area contributed by atoms with Crippen molar-refractivity contribution >= 4 is 0 Å². The van der Waals surface area contributed by atoms with Gasteiger partial charge >= 0.3 is 0 Å². The molecule has 0 aromatic carbocycles. The van der Waals surface area contributed by atoms with Crippen LogP contribution in [0.15, 0.2) is 0 Å². The largest absolute Gasteiger partial charge is 0.375 e. The fourth-order valence-corrected chi connectivity index (χ4v) is 11.9. The molecule has 55 heavy (non-hydrogen) atoms. The first-order chi connectivity index (χ1) is 26.5. The molecule has 7 rings (SSSR count). The lowest BCUT2D eigenvalue weighted by Crippen LogP contribution is -2.40. The van der Waals surface area contributed by atoms with Gasteiger partial charge in [-0.25, -0.2) is 0 Å². The van der Waals surface area contributed by atoms with E-state index in [1.807, 2.05) is 0 Å². The fraction of sp³-hybridized carbons (Fsp3) is 1.00. The lowest BCUT2D eigenvalue weighted by molar-refractivity contribution is -0.202. The lowest BCUT2D eigenvalue weighted by atomic mass is 9.60. The van der Waals surface area contributed by atoms with E-state index in [-0.39, 0.29) is 12.6 Å². The Labute approximate surface area is 335 Å². The Morgan fingerprint density at radius 3 is 1.07 bits per heavy atom. The molecule has 0 radical (unpaired) electrons. The maximum Gasteiger partial charge on any atom is 0.155 e. The first-order valence-corrected chi connectivity index (χ1v) is 23.6. The molecule has 4 unspecified atom stereocenters. The van der Waals surface area contributed by atoms with Crippen LogP contribution in [0.2, 0.25) is 0 Å². The van der Waals surface area contributed by atoms with Gasteiger partial charge in [-0.15, -0.1) is 0 Å². The fourth-order valence-electron chi connectivity index (χ4n) is 11.9. The Balaban J connectivity index is 0.711. The molecule has 0 aromatic rings. The molecule has 2 heterocycles. The zero-order chi connectivity index (χ0) is 38.4. The smallest absolute Gasteiger partial charge is 0.155 e. The summed E-state index contributed by atoms with van der Waals surface area (Å²) in [5.74, 6) is 3.79. The number of rotatable bonds is 19. The van der Waals surface area contributed by atoms with Crippen molar-refractivity contribution in [3.63, 3.8) is 0 Å². The molecule has 0 spiro atoms. The molecular weight excluding hydrogens is 693 g/mol. The van der Waals surface area contributed by atoms with Gasteiger partial charge in [-0.3, -0.25) is 0 Å². The molecule has 0 bridgehead atoms. The molecule has 4 atom stereocenters. The molecule has 5 aliphatic carbocycles. The van der Waals surface area contributed by atoms with Gasteiger partial charge in [-0.2, -0.15) is 0 Å². The normalized spacial score (nSPS) is 40.0. The topological polar surface area (TPSA) is 80.4 Å². The van der Waals surface area contributed by atoms with Crippen molar-refractivity contribution in [2.75, 3.05) is 33.0 Å². The van der Waals surface area contributed by atoms with Crippen LogP contribution in [-0.2, 0) is 37.9 Å². The SMILES string of the molecule is CC(OCC1CCC(OC(C)OC2CCC(C(C)(C)C3CCC(OCC4CO4)CC3)CC2)CC1)OC1CCC(C(C)(C)C2CCC(OCC3CO3)CC2)CC1. The number of hydrogen-bond donors (Lipinski definition) is 0. The molecule has 8 nitrogen and oxygen atoms in total. The average Bonchev–Trinajstić information content (AvgIpc) is 4.13. The second-order valence-electron chi connectivity index (χ2n) is 20.6. The van der Waals surface area contributed by atoms with E-state index < -0.39 is 0 Å². The monoisotopic (exact) mass is 775 g/mol. The van der Waals surface area contributed by atoms with E-state index in [0.29, 0.717) is 59.5 Å². The van der Waals surface area contributed by atoms with Crippen molar-refractivity contribution in [3.8, 4) is 0 Å². The molecule has 2 aliphatic heterocycles. The molecular formula is C47H82O8. The lowest BCUT2D eigenvalue weighted by Gasteiger charge is -2.46. The zero-order valence-electron chi connectivity index (χ0n) is 36.0. The van der Waals surface area contributed by atoms with Gasteiger partial charge in [0.1, 0.15) is 12.2 Å². The van der Waals surface area contributed by atoms with Crippen molar-refractivity contribution in [1.29, 1.82) is 0 Å². The van der Waals surface area contributed by atoms with Gasteiger partial charge in [-0.1, -0.05) is 27.7 Å². The van der Waals surface area contributed by atoms with Crippen LogP contribution in [0, 0.1) is 40.4 Å². The van der Waals surface area contributed by atoms with Crippen molar-refractivity contribution in [3.05, 3.63) is 0 Å². The van der Waals surface area contributed by atoms with Crippen LogP contribution in [0.3, 0.4) is 0 Å².